The second-order valence-corrected chi connectivity index (χ2v) is 7.71. The molecule has 0 atom stereocenters. The Morgan fingerprint density at radius 2 is 1.49 bits per heavy atom. The highest BCUT2D eigenvalue weighted by molar-refractivity contribution is 6.04. The van der Waals surface area contributed by atoms with Crippen molar-refractivity contribution in [2.24, 2.45) is 0 Å². The summed E-state index contributed by atoms with van der Waals surface area (Å²) in [5, 5.41) is 15.6. The Hall–Kier alpha value is -3.91. The van der Waals surface area contributed by atoms with Crippen LogP contribution in [0.1, 0.15) is 25.0 Å². The normalized spacial score (nSPS) is 13.2. The predicted molar refractivity (Wildman–Crippen MR) is 133 cm³/mol. The highest BCUT2D eigenvalue weighted by Gasteiger charge is 2.32. The summed E-state index contributed by atoms with van der Waals surface area (Å²) >= 11 is 0. The third-order valence-electron chi connectivity index (χ3n) is 5.36. The molecule has 0 unspecified atom stereocenters. The van der Waals surface area contributed by atoms with Gasteiger partial charge in [0.05, 0.1) is 6.54 Å². The van der Waals surface area contributed by atoms with Gasteiger partial charge < -0.3 is 24.7 Å². The summed E-state index contributed by atoms with van der Waals surface area (Å²) in [6.45, 7) is 8.78. The van der Waals surface area contributed by atoms with Gasteiger partial charge in [-0.3, -0.25) is 4.79 Å². The minimum Gasteiger partial charge on any atom is -0.486 e. The lowest BCUT2D eigenvalue weighted by Crippen LogP contribution is -2.29. The van der Waals surface area contributed by atoms with Crippen LogP contribution in [0.25, 0.3) is 5.57 Å². The molecule has 2 aromatic carbocycles. The van der Waals surface area contributed by atoms with Crippen LogP contribution in [0.4, 0.5) is 0 Å². The van der Waals surface area contributed by atoms with Crippen LogP contribution in [-0.2, 0) is 25.7 Å². The summed E-state index contributed by atoms with van der Waals surface area (Å²) in [5.41, 5.74) is 3.16. The number of rotatable bonds is 11. The molecule has 0 aromatic heterocycles. The van der Waals surface area contributed by atoms with E-state index in [4.69, 9.17) is 14.9 Å². The number of likely N-dealkylation sites (N-methyl/N-ethyl adjacent to an activating group) is 1. The fourth-order valence-corrected chi connectivity index (χ4v) is 3.51. The van der Waals surface area contributed by atoms with Gasteiger partial charge in [0.2, 0.25) is 0 Å². The molecule has 0 saturated heterocycles. The first kappa shape index (κ1) is 27.3. The Bertz CT molecular complexity index is 1010. The summed E-state index contributed by atoms with van der Waals surface area (Å²) in [6, 6.07) is 20.2. The van der Waals surface area contributed by atoms with Crippen LogP contribution in [0, 0.1) is 0 Å². The topological polar surface area (TPSA) is 107 Å². The molecule has 0 spiro atoms. The fourth-order valence-electron chi connectivity index (χ4n) is 3.51. The Morgan fingerprint density at radius 3 is 2.00 bits per heavy atom. The van der Waals surface area contributed by atoms with Crippen molar-refractivity contribution in [3.8, 4) is 0 Å². The van der Waals surface area contributed by atoms with E-state index in [0.29, 0.717) is 37.6 Å². The van der Waals surface area contributed by atoms with Gasteiger partial charge in [0.1, 0.15) is 6.61 Å². The van der Waals surface area contributed by atoms with E-state index in [2.05, 4.69) is 30.9 Å². The van der Waals surface area contributed by atoms with Gasteiger partial charge in [0, 0.05) is 30.8 Å². The van der Waals surface area contributed by atoms with Gasteiger partial charge in [0.15, 0.2) is 5.76 Å². The number of carbonyl (C=O) groups excluding carboxylic acids is 1. The van der Waals surface area contributed by atoms with Gasteiger partial charge in [0.25, 0.3) is 5.91 Å². The molecule has 2 N–H and O–H groups in total. The summed E-state index contributed by atoms with van der Waals surface area (Å²) in [6.07, 6.45) is 1.12. The monoisotopic (exact) mass is 480 g/mol. The molecule has 0 saturated carbocycles. The van der Waals surface area contributed by atoms with Crippen LogP contribution in [-0.4, -0.2) is 70.6 Å². The van der Waals surface area contributed by atoms with Crippen LogP contribution >= 0.6 is 0 Å². The van der Waals surface area contributed by atoms with Crippen molar-refractivity contribution in [3.05, 3.63) is 89.7 Å². The Kier molecular flexibility index (Phi) is 11.2. The van der Waals surface area contributed by atoms with Crippen LogP contribution in [0.5, 0.6) is 0 Å². The number of hydrogen-bond donors (Lipinski definition) is 2. The van der Waals surface area contributed by atoms with Crippen LogP contribution in [0.15, 0.2) is 78.6 Å². The van der Waals surface area contributed by atoms with Crippen molar-refractivity contribution < 1.29 is 29.3 Å². The number of hydrogen-bond acceptors (Lipinski definition) is 5. The first-order valence-corrected chi connectivity index (χ1v) is 11.5. The lowest BCUT2D eigenvalue weighted by Gasteiger charge is -2.19. The van der Waals surface area contributed by atoms with E-state index >= 15 is 0 Å². The lowest BCUT2D eigenvalue weighted by atomic mass is 10.1. The predicted octanol–water partition coefficient (Wildman–Crippen LogP) is 3.51. The van der Waals surface area contributed by atoms with Crippen molar-refractivity contribution in [2.45, 2.75) is 20.4 Å². The fraction of sp³-hybridized carbons (Fsp3) is 0.296. The molecule has 1 aliphatic rings. The van der Waals surface area contributed by atoms with Crippen LogP contribution < -0.4 is 0 Å². The molecule has 8 heteroatoms. The van der Waals surface area contributed by atoms with E-state index in [-0.39, 0.29) is 5.91 Å². The molecule has 0 radical (unpaired) electrons. The molecular formula is C27H32N2O6. The number of carbonyl (C=O) groups is 3. The zero-order chi connectivity index (χ0) is 25.6. The number of amides is 1. The van der Waals surface area contributed by atoms with Gasteiger partial charge in [-0.25, -0.2) is 9.59 Å². The molecular weight excluding hydrogens is 448 g/mol. The van der Waals surface area contributed by atoms with Crippen LogP contribution in [0.2, 0.25) is 0 Å². The number of ether oxygens (including phenoxy) is 1. The molecule has 186 valence electrons. The highest BCUT2D eigenvalue weighted by Crippen LogP contribution is 2.29. The maximum Gasteiger partial charge on any atom is 0.328 e. The summed E-state index contributed by atoms with van der Waals surface area (Å²) < 4.78 is 6.03. The maximum absolute atomic E-state index is 13.0. The first-order valence-electron chi connectivity index (χ1n) is 11.5. The van der Waals surface area contributed by atoms with Crippen molar-refractivity contribution >= 4 is 23.4 Å². The largest absolute Gasteiger partial charge is 0.486 e. The highest BCUT2D eigenvalue weighted by atomic mass is 16.5. The zero-order valence-electron chi connectivity index (χ0n) is 20.1. The third-order valence-corrected chi connectivity index (χ3v) is 5.36. The minimum atomic E-state index is -1.26. The SMILES string of the molecule is CCN(CC)CCOC1=C(c2ccccc2)CN(Cc2ccccc2)C1=O.O=C(O)C=CC(=O)O. The summed E-state index contributed by atoms with van der Waals surface area (Å²) in [5.74, 6) is -2.03. The molecule has 0 bridgehead atoms. The average molecular weight is 481 g/mol. The van der Waals surface area contributed by atoms with Gasteiger partial charge in [-0.15, -0.1) is 0 Å². The van der Waals surface area contributed by atoms with E-state index in [1.807, 2.05) is 53.4 Å². The van der Waals surface area contributed by atoms with Gasteiger partial charge >= 0.3 is 11.9 Å². The van der Waals surface area contributed by atoms with E-state index in [1.54, 1.807) is 0 Å². The van der Waals surface area contributed by atoms with E-state index in [0.717, 1.165) is 36.3 Å². The zero-order valence-corrected chi connectivity index (χ0v) is 20.1. The number of carboxylic acids is 2. The summed E-state index contributed by atoms with van der Waals surface area (Å²) in [7, 11) is 0. The summed E-state index contributed by atoms with van der Waals surface area (Å²) in [4.78, 5) is 36.3. The lowest BCUT2D eigenvalue weighted by molar-refractivity contribution is -0.134. The molecule has 1 aliphatic heterocycles. The Labute approximate surface area is 205 Å². The first-order chi connectivity index (χ1) is 16.8. The van der Waals surface area contributed by atoms with Crippen molar-refractivity contribution in [3.63, 3.8) is 0 Å². The molecule has 8 nitrogen and oxygen atoms in total. The van der Waals surface area contributed by atoms with E-state index < -0.39 is 11.9 Å². The van der Waals surface area contributed by atoms with E-state index in [9.17, 15) is 14.4 Å². The quantitative estimate of drug-likeness (QED) is 0.474. The molecule has 0 aliphatic carbocycles. The van der Waals surface area contributed by atoms with Crippen molar-refractivity contribution in [1.82, 2.24) is 9.80 Å². The number of carboxylic acid groups (broad SMARTS) is 2. The Morgan fingerprint density at radius 1 is 0.943 bits per heavy atom. The number of benzene rings is 2. The van der Waals surface area contributed by atoms with E-state index in [1.165, 1.54) is 0 Å². The van der Waals surface area contributed by atoms with Gasteiger partial charge in [-0.05, 0) is 24.2 Å². The average Bonchev–Trinajstić information content (AvgIpc) is 3.17. The Balaban J connectivity index is 0.000000466. The molecule has 1 heterocycles. The molecule has 0 fully saturated rings. The van der Waals surface area contributed by atoms with Crippen molar-refractivity contribution in [2.75, 3.05) is 32.8 Å². The standard InChI is InChI=1S/C23H28N2O2.C4H4O4/c1-3-24(4-2)15-16-27-22-21(20-13-9-6-10-14-20)18-25(23(22)26)17-19-11-7-5-8-12-19;5-3(6)1-2-4(7)8/h5-14H,3-4,15-18H2,1-2H3;1-2H,(H,5,6)(H,7,8). The minimum absolute atomic E-state index is 0.0164. The smallest absolute Gasteiger partial charge is 0.328 e. The molecule has 3 rings (SSSR count). The second kappa shape index (κ2) is 14.4. The number of aliphatic carboxylic acids is 2. The second-order valence-electron chi connectivity index (χ2n) is 7.71. The molecule has 35 heavy (non-hydrogen) atoms. The molecule has 1 amide bonds. The van der Waals surface area contributed by atoms with Gasteiger partial charge in [-0.2, -0.15) is 0 Å². The number of nitrogens with zero attached hydrogens (tertiary/aromatic N) is 2. The maximum atomic E-state index is 13.0. The molecule has 2 aromatic rings. The van der Waals surface area contributed by atoms with Crippen LogP contribution in [0.3, 0.4) is 0 Å². The third kappa shape index (κ3) is 9.10. The van der Waals surface area contributed by atoms with Gasteiger partial charge in [-0.1, -0.05) is 74.5 Å². The van der Waals surface area contributed by atoms with Crippen molar-refractivity contribution in [1.29, 1.82) is 0 Å².